The zero-order valence-electron chi connectivity index (χ0n) is 15.1. The van der Waals surface area contributed by atoms with E-state index in [2.05, 4.69) is 26.4 Å². The standard InChI is InChI=1S/C18H24F3N3O2.HI/c1-2-22-17(23-10-7-14-8-11-25-12-9-14)24-13-15-5-3-4-6-16(15)26-18(19,20)21;/h3-6,8H,2,7,9-13H2,1H3,(H2,22,23,24);1H. The Hall–Kier alpha value is -1.49. The van der Waals surface area contributed by atoms with Gasteiger partial charge in [-0.25, -0.2) is 4.99 Å². The van der Waals surface area contributed by atoms with Crippen LogP contribution < -0.4 is 15.4 Å². The first-order chi connectivity index (χ1) is 12.5. The van der Waals surface area contributed by atoms with Crippen molar-refractivity contribution >= 4 is 29.9 Å². The molecule has 5 nitrogen and oxygen atoms in total. The Morgan fingerprint density at radius 2 is 2.04 bits per heavy atom. The molecule has 1 aliphatic rings. The summed E-state index contributed by atoms with van der Waals surface area (Å²) in [5.74, 6) is 0.328. The average Bonchev–Trinajstić information content (AvgIpc) is 2.60. The van der Waals surface area contributed by atoms with Crippen molar-refractivity contribution in [3.05, 3.63) is 41.5 Å². The molecule has 27 heavy (non-hydrogen) atoms. The SMILES string of the molecule is CCNC(=NCc1ccccc1OC(F)(F)F)NCCC1=CCOCC1.I. The van der Waals surface area contributed by atoms with Crippen LogP contribution in [-0.4, -0.2) is 38.6 Å². The fraction of sp³-hybridized carbons (Fsp3) is 0.500. The van der Waals surface area contributed by atoms with Crippen molar-refractivity contribution in [2.24, 2.45) is 4.99 Å². The third-order valence-electron chi connectivity index (χ3n) is 3.75. The average molecular weight is 499 g/mol. The number of halogens is 4. The molecule has 9 heteroatoms. The van der Waals surface area contributed by atoms with Crippen molar-refractivity contribution < 1.29 is 22.6 Å². The summed E-state index contributed by atoms with van der Waals surface area (Å²) >= 11 is 0. The zero-order chi connectivity index (χ0) is 18.8. The Kier molecular flexibility index (Phi) is 10.5. The number of aliphatic imine (C=N–C) groups is 1. The van der Waals surface area contributed by atoms with Crippen LogP contribution in [-0.2, 0) is 11.3 Å². The quantitative estimate of drug-likeness (QED) is 0.258. The molecule has 0 unspecified atom stereocenters. The molecule has 0 spiro atoms. The summed E-state index contributed by atoms with van der Waals surface area (Å²) < 4.78 is 46.8. The maximum absolute atomic E-state index is 12.5. The Morgan fingerprint density at radius 3 is 2.70 bits per heavy atom. The highest BCUT2D eigenvalue weighted by molar-refractivity contribution is 14.0. The van der Waals surface area contributed by atoms with Gasteiger partial charge in [0.15, 0.2) is 5.96 Å². The molecular weight excluding hydrogens is 474 g/mol. The molecule has 152 valence electrons. The van der Waals surface area contributed by atoms with Gasteiger partial charge in [0.25, 0.3) is 0 Å². The molecule has 1 heterocycles. The molecule has 1 aliphatic heterocycles. The largest absolute Gasteiger partial charge is 0.573 e. The van der Waals surface area contributed by atoms with E-state index in [0.717, 1.165) is 19.4 Å². The van der Waals surface area contributed by atoms with Gasteiger partial charge >= 0.3 is 6.36 Å². The van der Waals surface area contributed by atoms with E-state index in [1.165, 1.54) is 17.7 Å². The van der Waals surface area contributed by atoms with E-state index in [1.54, 1.807) is 12.1 Å². The van der Waals surface area contributed by atoms with Crippen molar-refractivity contribution in [1.29, 1.82) is 0 Å². The first-order valence-corrected chi connectivity index (χ1v) is 8.59. The van der Waals surface area contributed by atoms with E-state index in [-0.39, 0.29) is 36.3 Å². The number of ether oxygens (including phenoxy) is 2. The Bertz CT molecular complexity index is 637. The van der Waals surface area contributed by atoms with Crippen LogP contribution in [0.2, 0.25) is 0 Å². The minimum Gasteiger partial charge on any atom is -0.405 e. The summed E-state index contributed by atoms with van der Waals surface area (Å²) in [5.41, 5.74) is 1.71. The second-order valence-corrected chi connectivity index (χ2v) is 5.71. The molecule has 0 bridgehead atoms. The number of alkyl halides is 3. The third-order valence-corrected chi connectivity index (χ3v) is 3.75. The Labute approximate surface area is 174 Å². The molecule has 1 aromatic carbocycles. The number of benzene rings is 1. The predicted octanol–water partition coefficient (Wildman–Crippen LogP) is 4.00. The summed E-state index contributed by atoms with van der Waals surface area (Å²) in [6, 6.07) is 6.02. The normalized spacial score (nSPS) is 14.8. The number of nitrogens with zero attached hydrogens (tertiary/aromatic N) is 1. The van der Waals surface area contributed by atoms with Crippen molar-refractivity contribution in [2.75, 3.05) is 26.3 Å². The van der Waals surface area contributed by atoms with Crippen LogP contribution >= 0.6 is 24.0 Å². The summed E-state index contributed by atoms with van der Waals surface area (Å²) in [7, 11) is 0. The third kappa shape index (κ3) is 9.32. The van der Waals surface area contributed by atoms with Crippen molar-refractivity contribution in [2.45, 2.75) is 32.7 Å². The van der Waals surface area contributed by atoms with E-state index in [9.17, 15) is 13.2 Å². The van der Waals surface area contributed by atoms with Crippen LogP contribution in [0.4, 0.5) is 13.2 Å². The summed E-state index contributed by atoms with van der Waals surface area (Å²) in [4.78, 5) is 4.36. The summed E-state index contributed by atoms with van der Waals surface area (Å²) in [6.07, 6.45) is -0.834. The Balaban J connectivity index is 0.00000364. The van der Waals surface area contributed by atoms with Crippen LogP contribution in [0, 0.1) is 0 Å². The number of para-hydroxylation sites is 1. The van der Waals surface area contributed by atoms with E-state index < -0.39 is 6.36 Å². The maximum Gasteiger partial charge on any atom is 0.573 e. The van der Waals surface area contributed by atoms with Gasteiger partial charge in [-0.2, -0.15) is 0 Å². The van der Waals surface area contributed by atoms with Gasteiger partial charge in [0.2, 0.25) is 0 Å². The number of nitrogens with one attached hydrogen (secondary N) is 2. The molecule has 0 radical (unpaired) electrons. The number of hydrogen-bond donors (Lipinski definition) is 2. The van der Waals surface area contributed by atoms with Gasteiger partial charge < -0.3 is 20.1 Å². The minimum atomic E-state index is -4.72. The van der Waals surface area contributed by atoms with Gasteiger partial charge in [-0.1, -0.05) is 29.8 Å². The highest BCUT2D eigenvalue weighted by atomic mass is 127. The van der Waals surface area contributed by atoms with Gasteiger partial charge in [-0.15, -0.1) is 37.1 Å². The van der Waals surface area contributed by atoms with Crippen molar-refractivity contribution in [1.82, 2.24) is 10.6 Å². The highest BCUT2D eigenvalue weighted by Crippen LogP contribution is 2.26. The van der Waals surface area contributed by atoms with E-state index in [4.69, 9.17) is 4.74 Å². The molecule has 0 atom stereocenters. The fourth-order valence-electron chi connectivity index (χ4n) is 2.50. The number of guanidine groups is 1. The van der Waals surface area contributed by atoms with Crippen LogP contribution in [0.25, 0.3) is 0 Å². The van der Waals surface area contributed by atoms with Crippen LogP contribution in [0.1, 0.15) is 25.3 Å². The van der Waals surface area contributed by atoms with Crippen molar-refractivity contribution in [3.63, 3.8) is 0 Å². The Morgan fingerprint density at radius 1 is 1.26 bits per heavy atom. The van der Waals surface area contributed by atoms with Crippen LogP contribution in [0.5, 0.6) is 5.75 Å². The zero-order valence-corrected chi connectivity index (χ0v) is 17.5. The molecular formula is C18H25F3IN3O2. The molecule has 0 fully saturated rings. The second-order valence-electron chi connectivity index (χ2n) is 5.71. The first-order valence-electron chi connectivity index (χ1n) is 8.59. The molecule has 0 saturated heterocycles. The molecule has 0 aliphatic carbocycles. The van der Waals surface area contributed by atoms with Gasteiger partial charge in [-0.05, 0) is 25.8 Å². The van der Waals surface area contributed by atoms with Crippen molar-refractivity contribution in [3.8, 4) is 5.75 Å². The van der Waals surface area contributed by atoms with Gasteiger partial charge in [-0.3, -0.25) is 0 Å². The molecule has 0 amide bonds. The van der Waals surface area contributed by atoms with E-state index >= 15 is 0 Å². The van der Waals surface area contributed by atoms with E-state index in [1.807, 2.05) is 6.92 Å². The van der Waals surface area contributed by atoms with Crippen LogP contribution in [0.15, 0.2) is 40.9 Å². The molecule has 2 N–H and O–H groups in total. The predicted molar refractivity (Wildman–Crippen MR) is 109 cm³/mol. The lowest BCUT2D eigenvalue weighted by Crippen LogP contribution is -2.38. The molecule has 0 aromatic heterocycles. The van der Waals surface area contributed by atoms with Crippen LogP contribution in [0.3, 0.4) is 0 Å². The summed E-state index contributed by atoms with van der Waals surface area (Å²) in [5, 5.41) is 6.29. The second kappa shape index (κ2) is 12.1. The van der Waals surface area contributed by atoms with Gasteiger partial charge in [0.05, 0.1) is 19.8 Å². The fourth-order valence-corrected chi connectivity index (χ4v) is 2.50. The topological polar surface area (TPSA) is 54.9 Å². The lowest BCUT2D eigenvalue weighted by Gasteiger charge is -2.16. The highest BCUT2D eigenvalue weighted by Gasteiger charge is 2.31. The maximum atomic E-state index is 12.5. The lowest BCUT2D eigenvalue weighted by atomic mass is 10.1. The number of rotatable bonds is 7. The molecule has 1 aromatic rings. The molecule has 0 saturated carbocycles. The monoisotopic (exact) mass is 499 g/mol. The van der Waals surface area contributed by atoms with E-state index in [0.29, 0.717) is 31.2 Å². The van der Waals surface area contributed by atoms with Gasteiger partial charge in [0, 0.05) is 18.7 Å². The minimum absolute atomic E-state index is 0. The molecule has 2 rings (SSSR count). The smallest absolute Gasteiger partial charge is 0.405 e. The number of hydrogen-bond acceptors (Lipinski definition) is 3. The summed E-state index contributed by atoms with van der Waals surface area (Å²) in [6.45, 7) is 4.76. The van der Waals surface area contributed by atoms with Gasteiger partial charge in [0.1, 0.15) is 5.75 Å². The first kappa shape index (κ1) is 23.5. The lowest BCUT2D eigenvalue weighted by molar-refractivity contribution is -0.274.